The summed E-state index contributed by atoms with van der Waals surface area (Å²) >= 11 is 0. The number of nitrogens with zero attached hydrogens (tertiary/aromatic N) is 1. The van der Waals surface area contributed by atoms with E-state index >= 15 is 0 Å². The van der Waals surface area contributed by atoms with Gasteiger partial charge in [0.2, 0.25) is 5.91 Å². The highest BCUT2D eigenvalue weighted by Gasteiger charge is 2.46. The Labute approximate surface area is 123 Å². The molecule has 0 radical (unpaired) electrons. The normalized spacial score (nSPS) is 25.9. The van der Waals surface area contributed by atoms with Crippen LogP contribution < -0.4 is 0 Å². The second-order valence-corrected chi connectivity index (χ2v) is 8.24. The van der Waals surface area contributed by atoms with Crippen molar-refractivity contribution < 1.29 is 27.9 Å². The summed E-state index contributed by atoms with van der Waals surface area (Å²) < 4.78 is 24.5. The highest BCUT2D eigenvalue weighted by Crippen LogP contribution is 2.34. The maximum Gasteiger partial charge on any atom is 0.326 e. The Kier molecular flexibility index (Phi) is 4.36. The lowest BCUT2D eigenvalue weighted by Crippen LogP contribution is -2.41. The van der Waals surface area contributed by atoms with Crippen molar-refractivity contribution in [2.24, 2.45) is 5.92 Å². The van der Waals surface area contributed by atoms with Crippen LogP contribution in [0.25, 0.3) is 0 Å². The molecule has 1 N–H and O–H groups in total. The average Bonchev–Trinajstić information content (AvgIpc) is 3.01. The van der Waals surface area contributed by atoms with Crippen LogP contribution in [0, 0.1) is 5.92 Å². The number of hydrogen-bond donors (Lipinski definition) is 1. The predicted molar refractivity (Wildman–Crippen MR) is 73.4 cm³/mol. The number of amides is 1. The Balaban J connectivity index is 2.12. The molecule has 0 unspecified atom stereocenters. The van der Waals surface area contributed by atoms with E-state index in [4.69, 9.17) is 0 Å². The Morgan fingerprint density at radius 1 is 1.24 bits per heavy atom. The van der Waals surface area contributed by atoms with E-state index in [0.29, 0.717) is 0 Å². The SMILES string of the molecule is CC(=O)CC(=O)N1C[C@H](S(=O)(=O)CC2CC2)C[C@H]1C(=O)O. The molecular weight excluding hydrogens is 298 g/mol. The fourth-order valence-corrected chi connectivity index (χ4v) is 4.76. The van der Waals surface area contributed by atoms with Crippen LogP contribution in [-0.4, -0.2) is 59.7 Å². The van der Waals surface area contributed by atoms with E-state index in [1.54, 1.807) is 0 Å². The predicted octanol–water partition coefficient (Wildman–Crippen LogP) is -0.156. The van der Waals surface area contributed by atoms with E-state index in [-0.39, 0.29) is 36.8 Å². The molecule has 2 atom stereocenters. The summed E-state index contributed by atoms with van der Waals surface area (Å²) in [7, 11) is -3.40. The van der Waals surface area contributed by atoms with E-state index in [9.17, 15) is 27.9 Å². The zero-order chi connectivity index (χ0) is 15.8. The molecule has 1 aliphatic carbocycles. The maximum absolute atomic E-state index is 12.2. The molecule has 1 saturated carbocycles. The summed E-state index contributed by atoms with van der Waals surface area (Å²) in [6, 6.07) is -1.16. The molecule has 2 aliphatic rings. The number of likely N-dealkylation sites (tertiary alicyclic amines) is 1. The number of Topliss-reactive ketones (excluding diaryl/α,β-unsaturated/α-hetero) is 1. The van der Waals surface area contributed by atoms with Crippen molar-refractivity contribution in [2.45, 2.75) is 43.9 Å². The number of hydrogen-bond acceptors (Lipinski definition) is 5. The van der Waals surface area contributed by atoms with Crippen LogP contribution in [0.15, 0.2) is 0 Å². The molecule has 0 aromatic rings. The van der Waals surface area contributed by atoms with Crippen LogP contribution in [0.5, 0.6) is 0 Å². The maximum atomic E-state index is 12.2. The average molecular weight is 317 g/mol. The van der Waals surface area contributed by atoms with E-state index in [1.165, 1.54) is 6.92 Å². The fraction of sp³-hybridized carbons (Fsp3) is 0.769. The van der Waals surface area contributed by atoms with Crippen molar-refractivity contribution in [1.29, 1.82) is 0 Å². The Morgan fingerprint density at radius 2 is 1.86 bits per heavy atom. The quantitative estimate of drug-likeness (QED) is 0.682. The summed E-state index contributed by atoms with van der Waals surface area (Å²) in [6.45, 7) is 1.11. The molecule has 0 spiro atoms. The standard InChI is InChI=1S/C13H19NO6S/c1-8(15)4-12(16)14-6-10(5-11(14)13(17)18)21(19,20)7-9-2-3-9/h9-11H,2-7H2,1H3,(H,17,18)/t10-,11+/m1/s1. The van der Waals surface area contributed by atoms with E-state index < -0.39 is 33.0 Å². The number of carbonyl (C=O) groups excluding carboxylic acids is 2. The Bertz CT molecular complexity index is 565. The summed E-state index contributed by atoms with van der Waals surface area (Å²) in [5, 5.41) is 8.33. The molecule has 8 heteroatoms. The first-order valence-corrected chi connectivity index (χ1v) is 8.65. The van der Waals surface area contributed by atoms with Crippen LogP contribution in [-0.2, 0) is 24.2 Å². The molecule has 2 fully saturated rings. The van der Waals surface area contributed by atoms with Gasteiger partial charge in [0.05, 0.1) is 17.4 Å². The molecule has 1 aliphatic heterocycles. The molecule has 7 nitrogen and oxygen atoms in total. The van der Waals surface area contributed by atoms with Crippen molar-refractivity contribution in [1.82, 2.24) is 4.90 Å². The summed E-state index contributed by atoms with van der Waals surface area (Å²) in [6.07, 6.45) is 1.30. The van der Waals surface area contributed by atoms with Gasteiger partial charge in [-0.3, -0.25) is 9.59 Å². The molecule has 0 bridgehead atoms. The molecule has 0 aromatic carbocycles. The lowest BCUT2D eigenvalue weighted by Gasteiger charge is -2.20. The second kappa shape index (κ2) is 5.75. The van der Waals surface area contributed by atoms with Crippen LogP contribution >= 0.6 is 0 Å². The zero-order valence-electron chi connectivity index (χ0n) is 11.8. The number of sulfone groups is 1. The number of carboxylic acid groups (broad SMARTS) is 1. The van der Waals surface area contributed by atoms with Crippen LogP contribution in [0.4, 0.5) is 0 Å². The van der Waals surface area contributed by atoms with E-state index in [2.05, 4.69) is 0 Å². The summed E-state index contributed by atoms with van der Waals surface area (Å²) in [5.41, 5.74) is 0. The topological polar surface area (TPSA) is 109 Å². The fourth-order valence-electron chi connectivity index (χ4n) is 2.63. The van der Waals surface area contributed by atoms with E-state index in [1.807, 2.05) is 0 Å². The van der Waals surface area contributed by atoms with E-state index in [0.717, 1.165) is 17.7 Å². The highest BCUT2D eigenvalue weighted by molar-refractivity contribution is 7.92. The third-order valence-corrected chi connectivity index (χ3v) is 6.23. The van der Waals surface area contributed by atoms with Gasteiger partial charge >= 0.3 is 5.97 Å². The Hall–Kier alpha value is -1.44. The van der Waals surface area contributed by atoms with Crippen LogP contribution in [0.3, 0.4) is 0 Å². The summed E-state index contributed by atoms with van der Waals surface area (Å²) in [5.74, 6) is -1.96. The highest BCUT2D eigenvalue weighted by atomic mass is 32.2. The van der Waals surface area contributed by atoms with Crippen LogP contribution in [0.2, 0.25) is 0 Å². The van der Waals surface area contributed by atoms with Crippen LogP contribution in [0.1, 0.15) is 32.6 Å². The number of ketones is 1. The number of rotatable bonds is 6. The van der Waals surface area contributed by atoms with Crippen molar-refractivity contribution in [3.8, 4) is 0 Å². The van der Waals surface area contributed by atoms with Gasteiger partial charge in [0.1, 0.15) is 11.8 Å². The summed E-state index contributed by atoms with van der Waals surface area (Å²) in [4.78, 5) is 35.2. The molecule has 2 rings (SSSR count). The largest absolute Gasteiger partial charge is 0.480 e. The van der Waals surface area contributed by atoms with Gasteiger partial charge in [-0.1, -0.05) is 0 Å². The first-order valence-electron chi connectivity index (χ1n) is 6.94. The Morgan fingerprint density at radius 3 is 2.33 bits per heavy atom. The lowest BCUT2D eigenvalue weighted by atomic mass is 10.2. The van der Waals surface area contributed by atoms with Gasteiger partial charge in [0.15, 0.2) is 9.84 Å². The van der Waals surface area contributed by atoms with Gasteiger partial charge in [-0.05, 0) is 32.1 Å². The minimum absolute atomic E-state index is 0.0682. The number of carbonyl (C=O) groups is 3. The van der Waals surface area contributed by atoms with Crippen molar-refractivity contribution >= 4 is 27.5 Å². The number of aliphatic carboxylic acids is 1. The molecular formula is C13H19NO6S. The first-order chi connectivity index (χ1) is 9.70. The first kappa shape index (κ1) is 15.9. The molecule has 21 heavy (non-hydrogen) atoms. The number of carboxylic acids is 1. The van der Waals surface area contributed by atoms with Gasteiger partial charge < -0.3 is 10.0 Å². The zero-order valence-corrected chi connectivity index (χ0v) is 12.6. The van der Waals surface area contributed by atoms with Crippen molar-refractivity contribution in [3.63, 3.8) is 0 Å². The molecule has 0 aromatic heterocycles. The van der Waals surface area contributed by atoms with Crippen molar-refractivity contribution in [3.05, 3.63) is 0 Å². The third-order valence-electron chi connectivity index (χ3n) is 3.94. The van der Waals surface area contributed by atoms with Gasteiger partial charge in [-0.25, -0.2) is 13.2 Å². The molecule has 118 valence electrons. The van der Waals surface area contributed by atoms with Gasteiger partial charge in [0, 0.05) is 6.54 Å². The van der Waals surface area contributed by atoms with Gasteiger partial charge in [-0.2, -0.15) is 0 Å². The second-order valence-electron chi connectivity index (χ2n) is 5.91. The minimum Gasteiger partial charge on any atom is -0.480 e. The monoisotopic (exact) mass is 317 g/mol. The third kappa shape index (κ3) is 3.81. The molecule has 1 amide bonds. The smallest absolute Gasteiger partial charge is 0.326 e. The van der Waals surface area contributed by atoms with Crippen molar-refractivity contribution in [2.75, 3.05) is 12.3 Å². The molecule has 1 heterocycles. The van der Waals surface area contributed by atoms with Gasteiger partial charge in [-0.15, -0.1) is 0 Å². The minimum atomic E-state index is -3.40. The van der Waals surface area contributed by atoms with Gasteiger partial charge in [0.25, 0.3) is 0 Å². The molecule has 1 saturated heterocycles. The lowest BCUT2D eigenvalue weighted by molar-refractivity contribution is -0.149.